The van der Waals surface area contributed by atoms with Gasteiger partial charge in [-0.1, -0.05) is 23.7 Å². The van der Waals surface area contributed by atoms with Crippen LogP contribution in [0.25, 0.3) is 0 Å². The maximum absolute atomic E-state index is 12.0. The fourth-order valence-electron chi connectivity index (χ4n) is 1.92. The normalized spacial score (nSPS) is 11.9. The van der Waals surface area contributed by atoms with Crippen LogP contribution < -0.4 is 5.32 Å². The Morgan fingerprint density at radius 2 is 1.92 bits per heavy atom. The van der Waals surface area contributed by atoms with Gasteiger partial charge in [0, 0.05) is 24.7 Å². The van der Waals surface area contributed by atoms with E-state index in [0.29, 0.717) is 24.6 Å². The van der Waals surface area contributed by atoms with Crippen molar-refractivity contribution in [1.82, 2.24) is 9.62 Å². The second-order valence-corrected chi connectivity index (χ2v) is 8.20. The summed E-state index contributed by atoms with van der Waals surface area (Å²) in [5.41, 5.74) is 0.767. The Balaban J connectivity index is 2.51. The molecule has 0 saturated carbocycles. The van der Waals surface area contributed by atoms with Crippen molar-refractivity contribution in [2.24, 2.45) is 0 Å². The third kappa shape index (κ3) is 8.63. The van der Waals surface area contributed by atoms with Crippen LogP contribution in [-0.2, 0) is 26.1 Å². The molecular formula is C16H25ClN2O4S. The van der Waals surface area contributed by atoms with Crippen LogP contribution in [-0.4, -0.2) is 50.7 Å². The number of hydrogen-bond donors (Lipinski definition) is 1. The summed E-state index contributed by atoms with van der Waals surface area (Å²) in [6.45, 7) is 4.80. The topological polar surface area (TPSA) is 75.7 Å². The van der Waals surface area contributed by atoms with Crippen LogP contribution in [0.5, 0.6) is 0 Å². The first-order chi connectivity index (χ1) is 11.2. The van der Waals surface area contributed by atoms with E-state index in [9.17, 15) is 13.2 Å². The quantitative estimate of drug-likeness (QED) is 0.634. The number of nitrogens with zero attached hydrogens (tertiary/aromatic N) is 1. The molecular weight excluding hydrogens is 352 g/mol. The molecule has 24 heavy (non-hydrogen) atoms. The largest absolute Gasteiger partial charge is 0.379 e. The second kappa shape index (κ2) is 9.98. The number of benzene rings is 1. The van der Waals surface area contributed by atoms with Crippen molar-refractivity contribution in [3.8, 4) is 0 Å². The molecule has 0 aliphatic rings. The first kappa shape index (κ1) is 20.9. The number of nitrogens with one attached hydrogen (secondary N) is 1. The number of carbonyl (C=O) groups excluding carboxylic acids is 1. The fourth-order valence-corrected chi connectivity index (χ4v) is 2.78. The lowest BCUT2D eigenvalue weighted by Gasteiger charge is -2.19. The van der Waals surface area contributed by atoms with Crippen molar-refractivity contribution in [3.63, 3.8) is 0 Å². The fraction of sp³-hybridized carbons (Fsp3) is 0.562. The highest BCUT2D eigenvalue weighted by Gasteiger charge is 2.20. The van der Waals surface area contributed by atoms with Gasteiger partial charge in [0.1, 0.15) is 0 Å². The van der Waals surface area contributed by atoms with E-state index in [2.05, 4.69) is 5.32 Å². The second-order valence-electron chi connectivity index (χ2n) is 5.78. The van der Waals surface area contributed by atoms with Crippen LogP contribution in [0.15, 0.2) is 24.3 Å². The molecule has 0 heterocycles. The maximum Gasteiger partial charge on any atom is 0.235 e. The van der Waals surface area contributed by atoms with Gasteiger partial charge in [-0.3, -0.25) is 4.79 Å². The van der Waals surface area contributed by atoms with Gasteiger partial charge in [0.2, 0.25) is 15.9 Å². The highest BCUT2D eigenvalue weighted by Crippen LogP contribution is 2.13. The molecule has 1 aromatic rings. The molecule has 0 saturated heterocycles. The smallest absolute Gasteiger partial charge is 0.235 e. The van der Waals surface area contributed by atoms with Crippen molar-refractivity contribution >= 4 is 27.5 Å². The molecule has 0 unspecified atom stereocenters. The molecule has 0 fully saturated rings. The first-order valence-electron chi connectivity index (χ1n) is 7.76. The molecule has 1 N–H and O–H groups in total. The molecule has 1 rings (SSSR count). The van der Waals surface area contributed by atoms with E-state index < -0.39 is 10.0 Å². The van der Waals surface area contributed by atoms with E-state index in [0.717, 1.165) is 16.1 Å². The van der Waals surface area contributed by atoms with E-state index in [4.69, 9.17) is 16.3 Å². The van der Waals surface area contributed by atoms with E-state index in [1.807, 2.05) is 13.8 Å². The zero-order chi connectivity index (χ0) is 18.2. The monoisotopic (exact) mass is 376 g/mol. The molecule has 0 spiro atoms. The summed E-state index contributed by atoms with van der Waals surface area (Å²) >= 11 is 5.82. The Hall–Kier alpha value is -1.15. The van der Waals surface area contributed by atoms with Gasteiger partial charge in [0.05, 0.1) is 18.9 Å². The molecule has 6 nitrogen and oxygen atoms in total. The van der Waals surface area contributed by atoms with Crippen molar-refractivity contribution in [2.45, 2.75) is 32.9 Å². The van der Waals surface area contributed by atoms with E-state index in [1.54, 1.807) is 24.3 Å². The summed E-state index contributed by atoms with van der Waals surface area (Å²) in [5, 5.41) is 3.28. The van der Waals surface area contributed by atoms with Crippen molar-refractivity contribution < 1.29 is 17.9 Å². The van der Waals surface area contributed by atoms with Crippen LogP contribution in [0, 0.1) is 0 Å². The third-order valence-corrected chi connectivity index (χ3v) is 4.60. The maximum atomic E-state index is 12.0. The Kier molecular flexibility index (Phi) is 8.69. The van der Waals surface area contributed by atoms with Crippen LogP contribution in [0.3, 0.4) is 0 Å². The summed E-state index contributed by atoms with van der Waals surface area (Å²) in [6.07, 6.45) is 1.92. The lowest BCUT2D eigenvalue weighted by atomic mass is 10.2. The summed E-state index contributed by atoms with van der Waals surface area (Å²) in [6, 6.07) is 6.85. The van der Waals surface area contributed by atoms with Gasteiger partial charge in [-0.15, -0.1) is 0 Å². The average Bonchev–Trinajstić information content (AvgIpc) is 2.47. The minimum absolute atomic E-state index is 0.125. The highest BCUT2D eigenvalue weighted by atomic mass is 35.5. The Morgan fingerprint density at radius 3 is 2.46 bits per heavy atom. The number of carbonyl (C=O) groups is 1. The summed E-state index contributed by atoms with van der Waals surface area (Å²) in [4.78, 5) is 12.0. The zero-order valence-corrected chi connectivity index (χ0v) is 15.9. The molecule has 0 radical (unpaired) electrons. The molecule has 0 bridgehead atoms. The van der Waals surface area contributed by atoms with Crippen LogP contribution in [0.1, 0.15) is 25.8 Å². The Labute approximate surface area is 149 Å². The predicted molar refractivity (Wildman–Crippen MR) is 95.4 cm³/mol. The van der Waals surface area contributed by atoms with E-state index >= 15 is 0 Å². The number of rotatable bonds is 10. The number of amides is 1. The predicted octanol–water partition coefficient (Wildman–Crippen LogP) is 2.03. The minimum atomic E-state index is -3.50. The van der Waals surface area contributed by atoms with Gasteiger partial charge in [-0.2, -0.15) is 4.31 Å². The summed E-state index contributed by atoms with van der Waals surface area (Å²) in [7, 11) is -3.50. The van der Waals surface area contributed by atoms with Gasteiger partial charge >= 0.3 is 0 Å². The molecule has 1 amide bonds. The van der Waals surface area contributed by atoms with Gasteiger partial charge in [-0.05, 0) is 38.0 Å². The van der Waals surface area contributed by atoms with E-state index in [-0.39, 0.29) is 25.1 Å². The van der Waals surface area contributed by atoms with Crippen molar-refractivity contribution in [3.05, 3.63) is 34.9 Å². The summed E-state index contributed by atoms with van der Waals surface area (Å²) < 4.78 is 30.3. The Bertz CT molecular complexity index is 617. The van der Waals surface area contributed by atoms with E-state index in [1.165, 1.54) is 0 Å². The molecule has 0 atom stereocenters. The van der Waals surface area contributed by atoms with Gasteiger partial charge in [0.25, 0.3) is 0 Å². The lowest BCUT2D eigenvalue weighted by Crippen LogP contribution is -2.40. The van der Waals surface area contributed by atoms with Crippen LogP contribution >= 0.6 is 11.6 Å². The van der Waals surface area contributed by atoms with Crippen molar-refractivity contribution in [1.29, 1.82) is 0 Å². The molecule has 1 aromatic carbocycles. The minimum Gasteiger partial charge on any atom is -0.379 e. The number of halogens is 1. The number of sulfonamides is 1. The third-order valence-electron chi connectivity index (χ3n) is 3.16. The SMILES string of the molecule is CC(C)OCCCNC(=O)CN(Cc1ccc(Cl)cc1)S(C)(=O)=O. The number of ether oxygens (including phenoxy) is 1. The van der Waals surface area contributed by atoms with Crippen molar-refractivity contribution in [2.75, 3.05) is 26.0 Å². The van der Waals surface area contributed by atoms with Crippen LogP contribution in [0.4, 0.5) is 0 Å². The molecule has 136 valence electrons. The standard InChI is InChI=1S/C16H25ClN2O4S/c1-13(2)23-10-4-9-18-16(20)12-19(24(3,21)22)11-14-5-7-15(17)8-6-14/h5-8,13H,4,9-12H2,1-3H3,(H,18,20). The summed E-state index contributed by atoms with van der Waals surface area (Å²) in [5.74, 6) is -0.334. The molecule has 0 aliphatic carbocycles. The van der Waals surface area contributed by atoms with Gasteiger partial charge in [-0.25, -0.2) is 8.42 Å². The first-order valence-corrected chi connectivity index (χ1v) is 9.99. The number of hydrogen-bond acceptors (Lipinski definition) is 4. The van der Waals surface area contributed by atoms with Crippen LogP contribution in [0.2, 0.25) is 5.02 Å². The van der Waals surface area contributed by atoms with Gasteiger partial charge < -0.3 is 10.1 Å². The lowest BCUT2D eigenvalue weighted by molar-refractivity contribution is -0.121. The molecule has 8 heteroatoms. The zero-order valence-electron chi connectivity index (χ0n) is 14.3. The Morgan fingerprint density at radius 1 is 1.29 bits per heavy atom. The average molecular weight is 377 g/mol. The molecule has 0 aromatic heterocycles. The molecule has 0 aliphatic heterocycles. The highest BCUT2D eigenvalue weighted by molar-refractivity contribution is 7.88. The van der Waals surface area contributed by atoms with Gasteiger partial charge in [0.15, 0.2) is 0 Å².